The fourth-order valence-corrected chi connectivity index (χ4v) is 6.57. The lowest BCUT2D eigenvalue weighted by molar-refractivity contribution is -0.125. The largest absolute Gasteiger partial charge is 0.439 e. The molecule has 3 aromatic heterocycles. The van der Waals surface area contributed by atoms with E-state index in [-0.39, 0.29) is 17.9 Å². The first-order chi connectivity index (χ1) is 21.9. The highest BCUT2D eigenvalue weighted by Gasteiger charge is 2.55. The van der Waals surface area contributed by atoms with Crippen molar-refractivity contribution in [2.45, 2.75) is 19.4 Å². The van der Waals surface area contributed by atoms with Crippen LogP contribution in [0.5, 0.6) is 11.6 Å². The molecule has 10 heteroatoms. The number of ether oxygens (including phenoxy) is 2. The molecule has 5 heterocycles. The second-order valence-electron chi connectivity index (χ2n) is 12.3. The average molecular weight is 604 g/mol. The predicted octanol–water partition coefficient (Wildman–Crippen LogP) is 4.31. The van der Waals surface area contributed by atoms with E-state index in [1.165, 1.54) is 6.33 Å². The van der Waals surface area contributed by atoms with Crippen LogP contribution in [0.3, 0.4) is 0 Å². The number of carbonyl (C=O) groups is 1. The van der Waals surface area contributed by atoms with Crippen LogP contribution in [0.1, 0.15) is 23.9 Å². The highest BCUT2D eigenvalue weighted by Crippen LogP contribution is 2.51. The summed E-state index contributed by atoms with van der Waals surface area (Å²) >= 11 is 0. The number of rotatable bonds is 7. The zero-order chi connectivity index (χ0) is 31.1. The zero-order valence-corrected chi connectivity index (χ0v) is 25.8. The molecule has 4 atom stereocenters. The molecule has 2 saturated heterocycles. The summed E-state index contributed by atoms with van der Waals surface area (Å²) < 4.78 is 14.0. The summed E-state index contributed by atoms with van der Waals surface area (Å²) in [4.78, 5) is 30.2. The molecule has 2 N–H and O–H groups in total. The quantitative estimate of drug-likeness (QED) is 0.246. The SMILES string of the molecule is Cc1cccc(Oc2ccc(-c3c(C#CC4[C@H]5CN(C(=O)/C=C/CN(C)C)C[C@@H]45)n(C4CCOC4)c4ncnc(N)c34)cc2)n1. The summed E-state index contributed by atoms with van der Waals surface area (Å²) in [6, 6.07) is 13.7. The second-order valence-corrected chi connectivity index (χ2v) is 12.3. The van der Waals surface area contributed by atoms with Gasteiger partial charge in [0.1, 0.15) is 29.2 Å². The molecule has 1 aliphatic carbocycles. The molecule has 1 saturated carbocycles. The molecule has 3 aliphatic rings. The van der Waals surface area contributed by atoms with E-state index < -0.39 is 0 Å². The van der Waals surface area contributed by atoms with E-state index in [9.17, 15) is 4.79 Å². The summed E-state index contributed by atoms with van der Waals surface area (Å²) in [6.07, 6.45) is 5.99. The van der Waals surface area contributed by atoms with Gasteiger partial charge in [-0.2, -0.15) is 0 Å². The Morgan fingerprint density at radius 3 is 2.67 bits per heavy atom. The van der Waals surface area contributed by atoms with Crippen LogP contribution in [0.25, 0.3) is 22.2 Å². The number of aryl methyl sites for hydroxylation is 1. The number of anilines is 1. The Kier molecular flexibility index (Phi) is 7.73. The molecule has 3 fully saturated rings. The fourth-order valence-electron chi connectivity index (χ4n) is 6.57. The van der Waals surface area contributed by atoms with Gasteiger partial charge in [0.2, 0.25) is 11.8 Å². The highest BCUT2D eigenvalue weighted by molar-refractivity contribution is 6.03. The van der Waals surface area contributed by atoms with Crippen molar-refractivity contribution >= 4 is 22.8 Å². The number of nitrogen functional groups attached to an aromatic ring is 1. The molecule has 4 aromatic rings. The number of amides is 1. The number of hydrogen-bond acceptors (Lipinski definition) is 8. The van der Waals surface area contributed by atoms with Crippen molar-refractivity contribution in [2.24, 2.45) is 17.8 Å². The third-order valence-corrected chi connectivity index (χ3v) is 8.91. The summed E-state index contributed by atoms with van der Waals surface area (Å²) in [7, 11) is 3.98. The Morgan fingerprint density at radius 1 is 1.16 bits per heavy atom. The second kappa shape index (κ2) is 12.0. The number of pyridine rings is 1. The molecule has 1 amide bonds. The van der Waals surface area contributed by atoms with E-state index in [2.05, 4.69) is 26.4 Å². The monoisotopic (exact) mass is 603 g/mol. The Bertz CT molecular complexity index is 1820. The molecule has 2 aliphatic heterocycles. The third-order valence-electron chi connectivity index (χ3n) is 8.91. The molecule has 7 rings (SSSR count). The van der Waals surface area contributed by atoms with Gasteiger partial charge in [-0.1, -0.05) is 30.2 Å². The van der Waals surface area contributed by atoms with Crippen molar-refractivity contribution in [3.8, 4) is 34.6 Å². The van der Waals surface area contributed by atoms with Gasteiger partial charge in [0.15, 0.2) is 0 Å². The first-order valence-electron chi connectivity index (χ1n) is 15.4. The molecule has 1 aromatic carbocycles. The minimum absolute atomic E-state index is 0.0825. The molecule has 0 radical (unpaired) electrons. The number of likely N-dealkylation sites (tertiary alicyclic amines) is 1. The fraction of sp³-hybridized carbons (Fsp3) is 0.371. The number of nitrogens with two attached hydrogens (primary N) is 1. The van der Waals surface area contributed by atoms with E-state index >= 15 is 0 Å². The van der Waals surface area contributed by atoms with Crippen LogP contribution in [-0.4, -0.2) is 82.2 Å². The van der Waals surface area contributed by atoms with Crippen LogP contribution in [-0.2, 0) is 9.53 Å². The molecule has 45 heavy (non-hydrogen) atoms. The predicted molar refractivity (Wildman–Crippen MR) is 173 cm³/mol. The minimum Gasteiger partial charge on any atom is -0.439 e. The Balaban J connectivity index is 1.21. The number of nitrogens with zero attached hydrogens (tertiary/aromatic N) is 6. The standard InChI is InChI=1S/C35H37N7O3/c1-22-6-4-7-30(39-22)45-25-11-9-23(10-12-25)32-29(42(24-15-17-44-20-24)35-33(32)34(36)37-21-38-35)14-13-26-27-18-41(19-28(26)27)31(43)8-5-16-40(2)3/h4-12,21,24,26-28H,15-20H2,1-3H3,(H2,36,37,38)/b8-5+/t24?,26?,27-,28+. The molecule has 0 bridgehead atoms. The van der Waals surface area contributed by atoms with Gasteiger partial charge >= 0.3 is 0 Å². The molecular formula is C35H37N7O3. The van der Waals surface area contributed by atoms with Gasteiger partial charge in [-0.25, -0.2) is 15.0 Å². The lowest BCUT2D eigenvalue weighted by atomic mass is 10.0. The Labute approximate surface area is 262 Å². The summed E-state index contributed by atoms with van der Waals surface area (Å²) in [5, 5.41) is 0.792. The lowest BCUT2D eigenvalue weighted by Crippen LogP contribution is -2.30. The summed E-state index contributed by atoms with van der Waals surface area (Å²) in [5.74, 6) is 9.96. The van der Waals surface area contributed by atoms with Crippen LogP contribution >= 0.6 is 0 Å². The van der Waals surface area contributed by atoms with Gasteiger partial charge in [-0.3, -0.25) is 4.79 Å². The van der Waals surface area contributed by atoms with Crippen LogP contribution < -0.4 is 10.5 Å². The van der Waals surface area contributed by atoms with E-state index in [0.29, 0.717) is 42.5 Å². The normalized spacial score (nSPS) is 22.2. The highest BCUT2D eigenvalue weighted by atomic mass is 16.5. The molecule has 0 spiro atoms. The van der Waals surface area contributed by atoms with Crippen LogP contribution in [0.4, 0.5) is 5.82 Å². The topological polar surface area (TPSA) is 112 Å². The van der Waals surface area contributed by atoms with Crippen LogP contribution in [0.15, 0.2) is 60.9 Å². The number of carbonyl (C=O) groups excluding carboxylic acids is 1. The van der Waals surface area contributed by atoms with Gasteiger partial charge in [-0.05, 0) is 69.0 Å². The Morgan fingerprint density at radius 2 is 1.96 bits per heavy atom. The number of hydrogen-bond donors (Lipinski definition) is 1. The van der Waals surface area contributed by atoms with Gasteiger partial charge in [0.05, 0.1) is 18.0 Å². The van der Waals surface area contributed by atoms with Crippen molar-refractivity contribution in [1.82, 2.24) is 29.3 Å². The van der Waals surface area contributed by atoms with Crippen molar-refractivity contribution < 1.29 is 14.3 Å². The van der Waals surface area contributed by atoms with E-state index in [1.54, 1.807) is 6.08 Å². The van der Waals surface area contributed by atoms with Crippen molar-refractivity contribution in [3.05, 3.63) is 72.3 Å². The van der Waals surface area contributed by atoms with E-state index in [0.717, 1.165) is 59.6 Å². The van der Waals surface area contributed by atoms with Gasteiger partial charge in [-0.15, -0.1) is 0 Å². The number of fused-ring (bicyclic) bond motifs is 2. The Hall–Kier alpha value is -4.72. The van der Waals surface area contributed by atoms with E-state index in [1.807, 2.05) is 79.4 Å². The maximum atomic E-state index is 12.7. The minimum atomic E-state index is 0.0825. The van der Waals surface area contributed by atoms with Gasteiger partial charge in [0, 0.05) is 55.6 Å². The first-order valence-corrected chi connectivity index (χ1v) is 15.4. The summed E-state index contributed by atoms with van der Waals surface area (Å²) in [6.45, 7) is 5.45. The third kappa shape index (κ3) is 5.77. The van der Waals surface area contributed by atoms with E-state index in [4.69, 9.17) is 20.2 Å². The number of piperidine rings is 1. The maximum absolute atomic E-state index is 12.7. The van der Waals surface area contributed by atoms with Crippen molar-refractivity contribution in [3.63, 3.8) is 0 Å². The van der Waals surface area contributed by atoms with Gasteiger partial charge in [0.25, 0.3) is 0 Å². The number of aromatic nitrogens is 4. The molecular weight excluding hydrogens is 566 g/mol. The first kappa shape index (κ1) is 29.0. The summed E-state index contributed by atoms with van der Waals surface area (Å²) in [5.41, 5.74) is 10.9. The van der Waals surface area contributed by atoms with Gasteiger partial charge < -0.3 is 29.6 Å². The number of likely N-dealkylation sites (N-methyl/N-ethyl adjacent to an activating group) is 1. The smallest absolute Gasteiger partial charge is 0.246 e. The van der Waals surface area contributed by atoms with Crippen molar-refractivity contribution in [2.75, 3.05) is 52.7 Å². The number of benzene rings is 1. The molecule has 2 unspecified atom stereocenters. The average Bonchev–Trinajstić information content (AvgIpc) is 3.47. The maximum Gasteiger partial charge on any atom is 0.246 e. The molecule has 230 valence electrons. The molecule has 10 nitrogen and oxygen atoms in total. The zero-order valence-electron chi connectivity index (χ0n) is 25.8. The van der Waals surface area contributed by atoms with Crippen LogP contribution in [0.2, 0.25) is 0 Å². The lowest BCUT2D eigenvalue weighted by Gasteiger charge is -2.17. The van der Waals surface area contributed by atoms with Crippen LogP contribution in [0, 0.1) is 36.5 Å². The van der Waals surface area contributed by atoms with Crippen molar-refractivity contribution in [1.29, 1.82) is 0 Å².